The van der Waals surface area contributed by atoms with Gasteiger partial charge in [-0.2, -0.15) is 0 Å². The van der Waals surface area contributed by atoms with E-state index >= 15 is 0 Å². The Hall–Kier alpha value is -1.66. The average Bonchev–Trinajstić information content (AvgIpc) is 2.40. The van der Waals surface area contributed by atoms with Gasteiger partial charge in [-0.3, -0.25) is 10.1 Å². The van der Waals surface area contributed by atoms with Gasteiger partial charge in [-0.05, 0) is 34.1 Å². The Morgan fingerprint density at radius 2 is 2.10 bits per heavy atom. The Morgan fingerprint density at radius 1 is 1.35 bits per heavy atom. The van der Waals surface area contributed by atoms with Gasteiger partial charge in [-0.15, -0.1) is 0 Å². The number of rotatable bonds is 4. The third kappa shape index (κ3) is 3.26. The van der Waals surface area contributed by atoms with Gasteiger partial charge in [0.2, 0.25) is 0 Å². The molecule has 2 aromatic rings. The SMILES string of the molecule is O=[N+]([O-])c1ccc(NCc2cccc(Cl)c2F)cc1Br. The Kier molecular flexibility index (Phi) is 4.57. The van der Waals surface area contributed by atoms with Crippen molar-refractivity contribution >= 4 is 38.9 Å². The van der Waals surface area contributed by atoms with Crippen LogP contribution in [0.5, 0.6) is 0 Å². The van der Waals surface area contributed by atoms with Gasteiger partial charge < -0.3 is 5.32 Å². The maximum absolute atomic E-state index is 13.7. The van der Waals surface area contributed by atoms with Crippen molar-refractivity contribution in [1.82, 2.24) is 0 Å². The topological polar surface area (TPSA) is 55.2 Å². The summed E-state index contributed by atoms with van der Waals surface area (Å²) < 4.78 is 14.0. The van der Waals surface area contributed by atoms with Crippen LogP contribution < -0.4 is 5.32 Å². The minimum atomic E-state index is -0.482. The molecule has 0 radical (unpaired) electrons. The van der Waals surface area contributed by atoms with E-state index in [-0.39, 0.29) is 17.3 Å². The van der Waals surface area contributed by atoms with Crippen LogP contribution in [0.3, 0.4) is 0 Å². The first-order valence-electron chi connectivity index (χ1n) is 5.59. The van der Waals surface area contributed by atoms with Crippen LogP contribution in [0.4, 0.5) is 15.8 Å². The number of nitrogens with one attached hydrogen (secondary N) is 1. The summed E-state index contributed by atoms with van der Waals surface area (Å²) in [5.41, 5.74) is 1.04. The molecule has 4 nitrogen and oxygen atoms in total. The van der Waals surface area contributed by atoms with Gasteiger partial charge in [-0.25, -0.2) is 4.39 Å². The second kappa shape index (κ2) is 6.19. The summed E-state index contributed by atoms with van der Waals surface area (Å²) in [6.07, 6.45) is 0. The zero-order valence-electron chi connectivity index (χ0n) is 10.1. The molecule has 0 unspecified atom stereocenters. The monoisotopic (exact) mass is 358 g/mol. The highest BCUT2D eigenvalue weighted by molar-refractivity contribution is 9.10. The maximum Gasteiger partial charge on any atom is 0.283 e. The number of nitro groups is 1. The van der Waals surface area contributed by atoms with Gasteiger partial charge >= 0.3 is 0 Å². The Morgan fingerprint density at radius 3 is 2.75 bits per heavy atom. The van der Waals surface area contributed by atoms with Crippen molar-refractivity contribution in [1.29, 1.82) is 0 Å². The summed E-state index contributed by atoms with van der Waals surface area (Å²) in [5.74, 6) is -0.470. The van der Waals surface area contributed by atoms with Gasteiger partial charge in [0.25, 0.3) is 5.69 Å². The predicted molar refractivity (Wildman–Crippen MR) is 79.5 cm³/mol. The molecule has 1 N–H and O–H groups in total. The van der Waals surface area contributed by atoms with Crippen molar-refractivity contribution in [2.24, 2.45) is 0 Å². The maximum atomic E-state index is 13.7. The number of hydrogen-bond donors (Lipinski definition) is 1. The minimum Gasteiger partial charge on any atom is -0.381 e. The van der Waals surface area contributed by atoms with E-state index < -0.39 is 10.7 Å². The van der Waals surface area contributed by atoms with Crippen molar-refractivity contribution in [3.05, 3.63) is 67.4 Å². The summed E-state index contributed by atoms with van der Waals surface area (Å²) >= 11 is 8.81. The number of hydrogen-bond acceptors (Lipinski definition) is 3. The summed E-state index contributed by atoms with van der Waals surface area (Å²) in [7, 11) is 0. The molecular formula is C13H9BrClFN2O2. The first-order valence-corrected chi connectivity index (χ1v) is 6.77. The molecule has 2 aromatic carbocycles. The molecule has 0 aromatic heterocycles. The molecular weight excluding hydrogens is 351 g/mol. The molecule has 7 heteroatoms. The number of nitro benzene ring substituents is 1. The lowest BCUT2D eigenvalue weighted by atomic mass is 10.2. The van der Waals surface area contributed by atoms with Crippen molar-refractivity contribution in [3.63, 3.8) is 0 Å². The van der Waals surface area contributed by atoms with Crippen molar-refractivity contribution < 1.29 is 9.31 Å². The van der Waals surface area contributed by atoms with E-state index in [1.807, 2.05) is 0 Å². The van der Waals surface area contributed by atoms with Gasteiger partial charge in [0.05, 0.1) is 14.4 Å². The number of halogens is 3. The summed E-state index contributed by atoms with van der Waals surface area (Å²) in [5, 5.41) is 13.7. The van der Waals surface area contributed by atoms with Crippen molar-refractivity contribution in [3.8, 4) is 0 Å². The molecule has 2 rings (SSSR count). The quantitative estimate of drug-likeness (QED) is 0.632. The first kappa shape index (κ1) is 14.7. The second-order valence-electron chi connectivity index (χ2n) is 3.99. The molecule has 0 bridgehead atoms. The second-order valence-corrected chi connectivity index (χ2v) is 5.25. The molecule has 0 heterocycles. The highest BCUT2D eigenvalue weighted by atomic mass is 79.9. The zero-order valence-corrected chi connectivity index (χ0v) is 12.4. The zero-order chi connectivity index (χ0) is 14.7. The Labute approximate surface area is 127 Å². The van der Waals surface area contributed by atoms with Gasteiger partial charge in [0, 0.05) is 23.9 Å². The predicted octanol–water partition coefficient (Wildman–Crippen LogP) is 4.76. The number of benzene rings is 2. The van der Waals surface area contributed by atoms with E-state index in [9.17, 15) is 14.5 Å². The molecule has 0 aliphatic rings. The number of nitrogens with zero attached hydrogens (tertiary/aromatic N) is 1. The van der Waals surface area contributed by atoms with Crippen LogP contribution >= 0.6 is 27.5 Å². The molecule has 0 saturated heterocycles. The minimum absolute atomic E-state index is 0.0236. The van der Waals surface area contributed by atoms with E-state index in [1.165, 1.54) is 12.1 Å². The highest BCUT2D eigenvalue weighted by Gasteiger charge is 2.12. The van der Waals surface area contributed by atoms with E-state index in [1.54, 1.807) is 24.3 Å². The van der Waals surface area contributed by atoms with E-state index in [2.05, 4.69) is 21.2 Å². The van der Waals surface area contributed by atoms with Crippen LogP contribution in [0.25, 0.3) is 0 Å². The van der Waals surface area contributed by atoms with Crippen molar-refractivity contribution in [2.45, 2.75) is 6.54 Å². The highest BCUT2D eigenvalue weighted by Crippen LogP contribution is 2.28. The fourth-order valence-corrected chi connectivity index (χ4v) is 2.36. The first-order chi connectivity index (χ1) is 9.49. The summed E-state index contributed by atoms with van der Waals surface area (Å²) in [6.45, 7) is 0.233. The third-order valence-electron chi connectivity index (χ3n) is 2.66. The smallest absolute Gasteiger partial charge is 0.283 e. The lowest BCUT2D eigenvalue weighted by molar-refractivity contribution is -0.385. The summed E-state index contributed by atoms with van der Waals surface area (Å²) in [4.78, 5) is 10.2. The fraction of sp³-hybridized carbons (Fsp3) is 0.0769. The average molecular weight is 360 g/mol. The lowest BCUT2D eigenvalue weighted by Gasteiger charge is -2.08. The molecule has 0 aliphatic heterocycles. The van der Waals surface area contributed by atoms with Crippen molar-refractivity contribution in [2.75, 3.05) is 5.32 Å². The van der Waals surface area contributed by atoms with Crippen LogP contribution in [0.1, 0.15) is 5.56 Å². The van der Waals surface area contributed by atoms with Gasteiger partial charge in [0.1, 0.15) is 5.82 Å². The van der Waals surface area contributed by atoms with Crippen LogP contribution in [0.2, 0.25) is 5.02 Å². The van der Waals surface area contributed by atoms with Gasteiger partial charge in [0.15, 0.2) is 0 Å². The van der Waals surface area contributed by atoms with Crippen LogP contribution in [-0.4, -0.2) is 4.92 Å². The van der Waals surface area contributed by atoms with Crippen LogP contribution in [0, 0.1) is 15.9 Å². The lowest BCUT2D eigenvalue weighted by Crippen LogP contribution is -2.02. The largest absolute Gasteiger partial charge is 0.381 e. The van der Waals surface area contributed by atoms with Crippen LogP contribution in [0.15, 0.2) is 40.9 Å². The fourth-order valence-electron chi connectivity index (χ4n) is 1.65. The van der Waals surface area contributed by atoms with Gasteiger partial charge in [-0.1, -0.05) is 23.7 Å². The Bertz CT molecular complexity index is 667. The molecule has 0 saturated carbocycles. The third-order valence-corrected chi connectivity index (χ3v) is 3.59. The van der Waals surface area contributed by atoms with Crippen LogP contribution in [-0.2, 0) is 6.54 Å². The summed E-state index contributed by atoms with van der Waals surface area (Å²) in [6, 6.07) is 9.26. The molecule has 20 heavy (non-hydrogen) atoms. The molecule has 0 spiro atoms. The molecule has 0 fully saturated rings. The molecule has 104 valence electrons. The molecule has 0 aliphatic carbocycles. The molecule has 0 atom stereocenters. The normalized spacial score (nSPS) is 10.3. The van der Waals surface area contributed by atoms with E-state index in [0.717, 1.165) is 0 Å². The number of anilines is 1. The standard InChI is InChI=1S/C13H9BrClFN2O2/c14-10-6-9(4-5-12(10)18(19)20)17-7-8-2-1-3-11(15)13(8)16/h1-6,17H,7H2. The van der Waals surface area contributed by atoms with E-state index in [0.29, 0.717) is 15.7 Å². The Balaban J connectivity index is 2.13. The molecule has 0 amide bonds. The van der Waals surface area contributed by atoms with E-state index in [4.69, 9.17) is 11.6 Å².